The first-order valence-electron chi connectivity index (χ1n) is 6.59. The van der Waals surface area contributed by atoms with Crippen molar-refractivity contribution in [3.8, 4) is 11.3 Å². The summed E-state index contributed by atoms with van der Waals surface area (Å²) in [6.45, 7) is 2.33. The largest absolute Gasteiger partial charge is 0.457 e. The molecule has 21 heavy (non-hydrogen) atoms. The van der Waals surface area contributed by atoms with Crippen LogP contribution in [0.2, 0.25) is 0 Å². The number of likely N-dealkylation sites (N-methyl/N-ethyl adjacent to an activating group) is 1. The zero-order chi connectivity index (χ0) is 14.8. The van der Waals surface area contributed by atoms with Crippen LogP contribution in [0.25, 0.3) is 17.4 Å². The number of furan rings is 1. The number of ether oxygens (including phenoxy) is 1. The van der Waals surface area contributed by atoms with E-state index in [1.165, 1.54) is 4.90 Å². The summed E-state index contributed by atoms with van der Waals surface area (Å²) in [5, 5.41) is 0.184. The number of benzene rings is 1. The minimum absolute atomic E-state index is 0.184. The maximum atomic E-state index is 12.0. The molecule has 1 saturated heterocycles. The van der Waals surface area contributed by atoms with Gasteiger partial charge in [-0.1, -0.05) is 30.3 Å². The molecule has 0 unspecified atom stereocenters. The Bertz CT molecular complexity index is 718. The lowest BCUT2D eigenvalue weighted by Gasteiger charge is -2.06. The first kappa shape index (κ1) is 13.6. The molecule has 3 rings (SSSR count). The van der Waals surface area contributed by atoms with Crippen LogP contribution < -0.4 is 0 Å². The van der Waals surface area contributed by atoms with E-state index in [1.807, 2.05) is 43.3 Å². The predicted molar refractivity (Wildman–Crippen MR) is 83.2 cm³/mol. The van der Waals surface area contributed by atoms with Gasteiger partial charge in [0.1, 0.15) is 11.5 Å². The minimum Gasteiger partial charge on any atom is -0.457 e. The predicted octanol–water partition coefficient (Wildman–Crippen LogP) is 3.45. The first-order valence-corrected chi connectivity index (χ1v) is 7.00. The van der Waals surface area contributed by atoms with E-state index in [9.17, 15) is 4.79 Å². The maximum Gasteiger partial charge on any atom is 0.297 e. The summed E-state index contributed by atoms with van der Waals surface area (Å²) in [6, 6.07) is 13.4. The zero-order valence-corrected chi connectivity index (χ0v) is 12.2. The van der Waals surface area contributed by atoms with Crippen LogP contribution in [0.5, 0.6) is 0 Å². The van der Waals surface area contributed by atoms with Gasteiger partial charge in [-0.05, 0) is 31.3 Å². The molecule has 5 heteroatoms. The van der Waals surface area contributed by atoms with E-state index in [4.69, 9.17) is 21.4 Å². The monoisotopic (exact) mass is 299 g/mol. The van der Waals surface area contributed by atoms with E-state index in [2.05, 4.69) is 0 Å². The smallest absolute Gasteiger partial charge is 0.297 e. The van der Waals surface area contributed by atoms with Gasteiger partial charge in [-0.15, -0.1) is 0 Å². The molecule has 0 bridgehead atoms. The van der Waals surface area contributed by atoms with Gasteiger partial charge in [0.05, 0.1) is 0 Å². The lowest BCUT2D eigenvalue weighted by molar-refractivity contribution is -0.122. The number of carbonyl (C=O) groups excluding carboxylic acids is 1. The third kappa shape index (κ3) is 2.60. The molecule has 0 saturated carbocycles. The Balaban J connectivity index is 1.87. The second kappa shape index (κ2) is 5.54. The number of carbonyl (C=O) groups is 1. The Morgan fingerprint density at radius 1 is 1.19 bits per heavy atom. The van der Waals surface area contributed by atoms with E-state index >= 15 is 0 Å². The Morgan fingerprint density at radius 3 is 2.62 bits per heavy atom. The average molecular weight is 299 g/mol. The van der Waals surface area contributed by atoms with Crippen molar-refractivity contribution in [3.05, 3.63) is 54.0 Å². The standard InChI is InChI=1S/C16H13NO3S/c1-2-17-15(18)14(20-16(17)21)10-12-8-9-13(19-12)11-6-4-3-5-7-11/h3-10H,2H2,1H3/b14-10+. The fourth-order valence-electron chi connectivity index (χ4n) is 2.09. The molecule has 106 valence electrons. The fourth-order valence-corrected chi connectivity index (χ4v) is 2.39. The summed E-state index contributed by atoms with van der Waals surface area (Å²) in [7, 11) is 0. The lowest BCUT2D eigenvalue weighted by Crippen LogP contribution is -2.27. The molecule has 2 heterocycles. The van der Waals surface area contributed by atoms with Crippen molar-refractivity contribution in [2.75, 3.05) is 6.54 Å². The molecule has 1 aromatic carbocycles. The van der Waals surface area contributed by atoms with Gasteiger partial charge in [0, 0.05) is 18.2 Å². The topological polar surface area (TPSA) is 42.7 Å². The highest BCUT2D eigenvalue weighted by Gasteiger charge is 2.32. The van der Waals surface area contributed by atoms with Gasteiger partial charge < -0.3 is 9.15 Å². The number of nitrogens with zero attached hydrogens (tertiary/aromatic N) is 1. The molecule has 0 radical (unpaired) electrons. The molecule has 1 amide bonds. The van der Waals surface area contributed by atoms with E-state index in [0.717, 1.165) is 11.3 Å². The molecule has 2 aromatic rings. The minimum atomic E-state index is -0.236. The molecule has 4 nitrogen and oxygen atoms in total. The van der Waals surface area contributed by atoms with Crippen molar-refractivity contribution < 1.29 is 13.9 Å². The normalized spacial score (nSPS) is 16.6. The SMILES string of the molecule is CCN1C(=O)/C(=C\c2ccc(-c3ccccc3)o2)OC1=S. The van der Waals surface area contributed by atoms with Gasteiger partial charge >= 0.3 is 0 Å². The number of hydrogen-bond donors (Lipinski definition) is 0. The van der Waals surface area contributed by atoms with Crippen LogP contribution in [0.1, 0.15) is 12.7 Å². The summed E-state index contributed by atoms with van der Waals surface area (Å²) in [5.74, 6) is 1.25. The second-order valence-corrected chi connectivity index (χ2v) is 4.84. The zero-order valence-electron chi connectivity index (χ0n) is 11.4. The maximum absolute atomic E-state index is 12.0. The Labute approximate surface area is 127 Å². The van der Waals surface area contributed by atoms with Gasteiger partial charge in [-0.3, -0.25) is 9.69 Å². The van der Waals surface area contributed by atoms with Crippen molar-refractivity contribution in [1.82, 2.24) is 4.90 Å². The van der Waals surface area contributed by atoms with Gasteiger partial charge in [0.2, 0.25) is 0 Å². The summed E-state index contributed by atoms with van der Waals surface area (Å²) < 4.78 is 11.0. The Kier molecular flexibility index (Phi) is 3.58. The van der Waals surface area contributed by atoms with Crippen LogP contribution >= 0.6 is 12.2 Å². The third-order valence-electron chi connectivity index (χ3n) is 3.15. The number of amides is 1. The van der Waals surface area contributed by atoms with Gasteiger partial charge in [-0.25, -0.2) is 0 Å². The molecule has 1 aliphatic heterocycles. The lowest BCUT2D eigenvalue weighted by atomic mass is 10.2. The molecule has 0 atom stereocenters. The van der Waals surface area contributed by atoms with Crippen LogP contribution in [0.3, 0.4) is 0 Å². The number of rotatable bonds is 3. The Morgan fingerprint density at radius 2 is 1.95 bits per heavy atom. The summed E-state index contributed by atoms with van der Waals surface area (Å²) in [6.07, 6.45) is 1.57. The number of thiocarbonyl (C=S) groups is 1. The summed E-state index contributed by atoms with van der Waals surface area (Å²) in [4.78, 5) is 13.4. The second-order valence-electron chi connectivity index (χ2n) is 4.49. The van der Waals surface area contributed by atoms with E-state index in [-0.39, 0.29) is 16.8 Å². The Hall–Kier alpha value is -2.40. The van der Waals surface area contributed by atoms with E-state index < -0.39 is 0 Å². The van der Waals surface area contributed by atoms with Gasteiger partial charge in [0.25, 0.3) is 11.1 Å². The highest BCUT2D eigenvalue weighted by Crippen LogP contribution is 2.25. The highest BCUT2D eigenvalue weighted by atomic mass is 32.1. The molecule has 0 spiro atoms. The molecular formula is C16H13NO3S. The van der Waals surface area contributed by atoms with E-state index in [1.54, 1.807) is 12.1 Å². The molecule has 1 fully saturated rings. The summed E-state index contributed by atoms with van der Waals surface area (Å²) >= 11 is 5.00. The van der Waals surface area contributed by atoms with Crippen LogP contribution in [0.15, 0.2) is 52.6 Å². The molecular weight excluding hydrogens is 286 g/mol. The number of hydrogen-bond acceptors (Lipinski definition) is 4. The quantitative estimate of drug-likeness (QED) is 0.643. The van der Waals surface area contributed by atoms with Gasteiger partial charge in [0.15, 0.2) is 5.76 Å². The van der Waals surface area contributed by atoms with Crippen LogP contribution in [0.4, 0.5) is 0 Å². The van der Waals surface area contributed by atoms with Crippen LogP contribution in [0, 0.1) is 0 Å². The summed E-state index contributed by atoms with van der Waals surface area (Å²) in [5.41, 5.74) is 0.978. The molecule has 0 N–H and O–H groups in total. The van der Waals surface area contributed by atoms with Crippen molar-refractivity contribution in [2.45, 2.75) is 6.92 Å². The molecule has 1 aromatic heterocycles. The van der Waals surface area contributed by atoms with Gasteiger partial charge in [-0.2, -0.15) is 0 Å². The third-order valence-corrected chi connectivity index (χ3v) is 3.45. The molecule has 0 aliphatic carbocycles. The van der Waals surface area contributed by atoms with E-state index in [0.29, 0.717) is 12.3 Å². The van der Waals surface area contributed by atoms with Crippen molar-refractivity contribution in [2.24, 2.45) is 0 Å². The average Bonchev–Trinajstić information content (AvgIpc) is 3.06. The van der Waals surface area contributed by atoms with Crippen molar-refractivity contribution in [1.29, 1.82) is 0 Å². The molecule has 1 aliphatic rings. The van der Waals surface area contributed by atoms with Crippen LogP contribution in [-0.2, 0) is 9.53 Å². The highest BCUT2D eigenvalue weighted by molar-refractivity contribution is 7.80. The van der Waals surface area contributed by atoms with Crippen LogP contribution in [-0.4, -0.2) is 22.5 Å². The fraction of sp³-hybridized carbons (Fsp3) is 0.125. The van der Waals surface area contributed by atoms with Crippen molar-refractivity contribution >= 4 is 29.4 Å². The van der Waals surface area contributed by atoms with Crippen molar-refractivity contribution in [3.63, 3.8) is 0 Å². The first-order chi connectivity index (χ1) is 10.2.